The van der Waals surface area contributed by atoms with Crippen molar-refractivity contribution in [3.63, 3.8) is 0 Å². The number of carbonyl (C=O) groups excluding carboxylic acids is 1. The van der Waals surface area contributed by atoms with Crippen LogP contribution in [0.3, 0.4) is 0 Å². The van der Waals surface area contributed by atoms with Gasteiger partial charge in [0, 0.05) is 26.1 Å². The van der Waals surface area contributed by atoms with Crippen molar-refractivity contribution in [2.75, 3.05) is 13.6 Å². The van der Waals surface area contributed by atoms with Gasteiger partial charge in [0.1, 0.15) is 0 Å². The lowest BCUT2D eigenvalue weighted by Crippen LogP contribution is -2.33. The molecule has 3 nitrogen and oxygen atoms in total. The van der Waals surface area contributed by atoms with Gasteiger partial charge in [-0.1, -0.05) is 6.42 Å². The molecule has 1 aliphatic rings. The van der Waals surface area contributed by atoms with E-state index in [0.29, 0.717) is 18.4 Å². The number of amides is 1. The van der Waals surface area contributed by atoms with Crippen molar-refractivity contribution in [3.8, 4) is 0 Å². The Balaban J connectivity index is 2.32. The van der Waals surface area contributed by atoms with Crippen LogP contribution in [0.15, 0.2) is 0 Å². The SMILES string of the molecule is CCN(C)C(=O)CC1CCCC(N)C1. The van der Waals surface area contributed by atoms with E-state index in [1.54, 1.807) is 4.90 Å². The lowest BCUT2D eigenvalue weighted by atomic mass is 9.84. The van der Waals surface area contributed by atoms with Crippen molar-refractivity contribution in [3.05, 3.63) is 0 Å². The molecule has 0 radical (unpaired) electrons. The second-order valence-electron chi connectivity index (χ2n) is 4.40. The van der Waals surface area contributed by atoms with E-state index >= 15 is 0 Å². The summed E-state index contributed by atoms with van der Waals surface area (Å²) in [4.78, 5) is 13.4. The third-order valence-electron chi connectivity index (χ3n) is 3.19. The fourth-order valence-electron chi connectivity index (χ4n) is 2.10. The molecule has 1 fully saturated rings. The number of nitrogens with two attached hydrogens (primary N) is 1. The van der Waals surface area contributed by atoms with Gasteiger partial charge in [-0.25, -0.2) is 0 Å². The van der Waals surface area contributed by atoms with Gasteiger partial charge in [0.05, 0.1) is 0 Å². The van der Waals surface area contributed by atoms with Crippen LogP contribution in [0.1, 0.15) is 39.0 Å². The highest BCUT2D eigenvalue weighted by molar-refractivity contribution is 5.76. The fraction of sp³-hybridized carbons (Fsp3) is 0.909. The Morgan fingerprint density at radius 1 is 1.50 bits per heavy atom. The zero-order valence-corrected chi connectivity index (χ0v) is 9.33. The Morgan fingerprint density at radius 2 is 2.21 bits per heavy atom. The van der Waals surface area contributed by atoms with E-state index in [-0.39, 0.29) is 5.91 Å². The topological polar surface area (TPSA) is 46.3 Å². The van der Waals surface area contributed by atoms with Crippen molar-refractivity contribution < 1.29 is 4.79 Å². The molecular weight excluding hydrogens is 176 g/mol. The summed E-state index contributed by atoms with van der Waals surface area (Å²) in [6.45, 7) is 2.81. The number of rotatable bonds is 3. The highest BCUT2D eigenvalue weighted by Crippen LogP contribution is 2.26. The minimum Gasteiger partial charge on any atom is -0.346 e. The summed E-state index contributed by atoms with van der Waals surface area (Å²) >= 11 is 0. The molecule has 0 saturated heterocycles. The zero-order valence-electron chi connectivity index (χ0n) is 9.33. The number of nitrogens with zero attached hydrogens (tertiary/aromatic N) is 1. The molecule has 14 heavy (non-hydrogen) atoms. The van der Waals surface area contributed by atoms with Crippen LogP contribution in [0.5, 0.6) is 0 Å². The van der Waals surface area contributed by atoms with Crippen LogP contribution < -0.4 is 5.73 Å². The van der Waals surface area contributed by atoms with E-state index in [4.69, 9.17) is 5.73 Å². The van der Waals surface area contributed by atoms with Gasteiger partial charge in [0.15, 0.2) is 0 Å². The Hall–Kier alpha value is -0.570. The molecule has 1 saturated carbocycles. The molecule has 1 aliphatic carbocycles. The van der Waals surface area contributed by atoms with Crippen LogP contribution in [0.25, 0.3) is 0 Å². The molecule has 82 valence electrons. The van der Waals surface area contributed by atoms with Crippen LogP contribution in [0.4, 0.5) is 0 Å². The zero-order chi connectivity index (χ0) is 10.6. The van der Waals surface area contributed by atoms with Crippen molar-refractivity contribution in [2.45, 2.75) is 45.1 Å². The van der Waals surface area contributed by atoms with E-state index in [9.17, 15) is 4.79 Å². The van der Waals surface area contributed by atoms with Gasteiger partial charge in [-0.15, -0.1) is 0 Å². The highest BCUT2D eigenvalue weighted by Gasteiger charge is 2.22. The average Bonchev–Trinajstić information content (AvgIpc) is 2.16. The molecule has 0 aromatic heterocycles. The van der Waals surface area contributed by atoms with Gasteiger partial charge in [-0.3, -0.25) is 4.79 Å². The summed E-state index contributed by atoms with van der Waals surface area (Å²) < 4.78 is 0. The minimum absolute atomic E-state index is 0.270. The summed E-state index contributed by atoms with van der Waals surface area (Å²) in [7, 11) is 1.87. The van der Waals surface area contributed by atoms with Gasteiger partial charge in [-0.05, 0) is 32.1 Å². The Labute approximate surface area is 86.6 Å². The monoisotopic (exact) mass is 198 g/mol. The van der Waals surface area contributed by atoms with E-state index in [2.05, 4.69) is 0 Å². The molecule has 1 rings (SSSR count). The van der Waals surface area contributed by atoms with E-state index < -0.39 is 0 Å². The normalized spacial score (nSPS) is 27.4. The fourth-order valence-corrected chi connectivity index (χ4v) is 2.10. The van der Waals surface area contributed by atoms with Gasteiger partial charge in [0.2, 0.25) is 5.91 Å². The minimum atomic E-state index is 0.270. The van der Waals surface area contributed by atoms with Crippen LogP contribution in [-0.4, -0.2) is 30.4 Å². The second-order valence-corrected chi connectivity index (χ2v) is 4.40. The quantitative estimate of drug-likeness (QED) is 0.744. The first-order chi connectivity index (χ1) is 6.63. The third-order valence-corrected chi connectivity index (χ3v) is 3.19. The van der Waals surface area contributed by atoms with E-state index in [1.807, 2.05) is 14.0 Å². The number of carbonyl (C=O) groups is 1. The molecule has 2 unspecified atom stereocenters. The van der Waals surface area contributed by atoms with Crippen LogP contribution in [0.2, 0.25) is 0 Å². The maximum Gasteiger partial charge on any atom is 0.222 e. The van der Waals surface area contributed by atoms with E-state index in [0.717, 1.165) is 19.4 Å². The second kappa shape index (κ2) is 5.35. The molecule has 0 aromatic rings. The van der Waals surface area contributed by atoms with Crippen molar-refractivity contribution in [1.82, 2.24) is 4.90 Å². The highest BCUT2D eigenvalue weighted by atomic mass is 16.2. The smallest absolute Gasteiger partial charge is 0.222 e. The van der Waals surface area contributed by atoms with Crippen molar-refractivity contribution >= 4 is 5.91 Å². The largest absolute Gasteiger partial charge is 0.346 e. The molecule has 2 N–H and O–H groups in total. The molecule has 2 atom stereocenters. The number of hydrogen-bond donors (Lipinski definition) is 1. The van der Waals surface area contributed by atoms with Crippen molar-refractivity contribution in [1.29, 1.82) is 0 Å². The van der Waals surface area contributed by atoms with Crippen LogP contribution in [0, 0.1) is 5.92 Å². The molecule has 0 spiro atoms. The van der Waals surface area contributed by atoms with Gasteiger partial charge >= 0.3 is 0 Å². The van der Waals surface area contributed by atoms with Crippen LogP contribution >= 0.6 is 0 Å². The first kappa shape index (κ1) is 11.5. The maximum atomic E-state index is 11.6. The molecule has 0 heterocycles. The van der Waals surface area contributed by atoms with Crippen molar-refractivity contribution in [2.24, 2.45) is 11.7 Å². The summed E-state index contributed by atoms with van der Waals surface area (Å²) in [5.74, 6) is 0.798. The molecule has 3 heteroatoms. The molecule has 1 amide bonds. The summed E-state index contributed by atoms with van der Waals surface area (Å²) in [5.41, 5.74) is 5.88. The van der Waals surface area contributed by atoms with Gasteiger partial charge < -0.3 is 10.6 Å². The molecule has 0 aromatic carbocycles. The Kier molecular flexibility index (Phi) is 4.39. The number of hydrogen-bond acceptors (Lipinski definition) is 2. The molecule has 0 aliphatic heterocycles. The Bertz CT molecular complexity index is 194. The van der Waals surface area contributed by atoms with Crippen LogP contribution in [-0.2, 0) is 4.79 Å². The summed E-state index contributed by atoms with van der Waals surface area (Å²) in [6, 6.07) is 0.327. The maximum absolute atomic E-state index is 11.6. The van der Waals surface area contributed by atoms with E-state index in [1.165, 1.54) is 12.8 Å². The third kappa shape index (κ3) is 3.29. The summed E-state index contributed by atoms with van der Waals surface area (Å²) in [5, 5.41) is 0. The van der Waals surface area contributed by atoms with Gasteiger partial charge in [0.25, 0.3) is 0 Å². The lowest BCUT2D eigenvalue weighted by Gasteiger charge is -2.27. The average molecular weight is 198 g/mol. The Morgan fingerprint density at radius 3 is 2.79 bits per heavy atom. The molecule has 0 bridgehead atoms. The molecular formula is C11H22N2O. The predicted octanol–water partition coefficient (Wildman–Crippen LogP) is 1.37. The van der Waals surface area contributed by atoms with Gasteiger partial charge in [-0.2, -0.15) is 0 Å². The summed E-state index contributed by atoms with van der Waals surface area (Å²) in [6.07, 6.45) is 5.22. The first-order valence-corrected chi connectivity index (χ1v) is 5.63. The standard InChI is InChI=1S/C11H22N2O/c1-3-13(2)11(14)8-9-5-4-6-10(12)7-9/h9-10H,3-8,12H2,1-2H3. The predicted molar refractivity (Wildman–Crippen MR) is 57.9 cm³/mol. The lowest BCUT2D eigenvalue weighted by molar-refractivity contribution is -0.130. The first-order valence-electron chi connectivity index (χ1n) is 5.63.